The van der Waals surface area contributed by atoms with Crippen LogP contribution < -0.4 is 4.72 Å². The Labute approximate surface area is 130 Å². The number of hydrogen-bond donors (Lipinski definition) is 1. The predicted octanol–water partition coefficient (Wildman–Crippen LogP) is 2.02. The molecule has 1 amide bonds. The van der Waals surface area contributed by atoms with Crippen LogP contribution >= 0.6 is 11.6 Å². The standard InChI is InChI=1S/C14H19ClN2O3S/c15-12-5-4-6-13(11-12)21(19,20)16-8-7-14(18)17-9-2-1-3-10-17/h4-6,11,16H,1-3,7-10H2. The van der Waals surface area contributed by atoms with E-state index in [4.69, 9.17) is 11.6 Å². The van der Waals surface area contributed by atoms with Crippen molar-refractivity contribution in [3.63, 3.8) is 0 Å². The molecule has 0 bridgehead atoms. The summed E-state index contributed by atoms with van der Waals surface area (Å²) in [4.78, 5) is 13.9. The summed E-state index contributed by atoms with van der Waals surface area (Å²) in [5.74, 6) is 0.00324. The van der Waals surface area contributed by atoms with E-state index in [0.29, 0.717) is 5.02 Å². The van der Waals surface area contributed by atoms with Gasteiger partial charge < -0.3 is 4.90 Å². The lowest BCUT2D eigenvalue weighted by Gasteiger charge is -2.26. The Bertz CT molecular complexity index is 598. The Morgan fingerprint density at radius 2 is 1.95 bits per heavy atom. The van der Waals surface area contributed by atoms with Crippen LogP contribution in [0.15, 0.2) is 29.2 Å². The summed E-state index contributed by atoms with van der Waals surface area (Å²) in [5, 5.41) is 0.363. The van der Waals surface area contributed by atoms with Crippen LogP contribution in [0.4, 0.5) is 0 Å². The van der Waals surface area contributed by atoms with Crippen LogP contribution in [0, 0.1) is 0 Å². The number of carbonyl (C=O) groups excluding carboxylic acids is 1. The topological polar surface area (TPSA) is 66.5 Å². The summed E-state index contributed by atoms with van der Waals surface area (Å²) in [5.41, 5.74) is 0. The molecular formula is C14H19ClN2O3S. The minimum Gasteiger partial charge on any atom is -0.343 e. The molecule has 0 spiro atoms. The van der Waals surface area contributed by atoms with Crippen molar-refractivity contribution in [3.8, 4) is 0 Å². The van der Waals surface area contributed by atoms with Crippen LogP contribution in [-0.4, -0.2) is 38.9 Å². The number of likely N-dealkylation sites (tertiary alicyclic amines) is 1. The highest BCUT2D eigenvalue weighted by atomic mass is 35.5. The largest absolute Gasteiger partial charge is 0.343 e. The Morgan fingerprint density at radius 1 is 1.24 bits per heavy atom. The maximum atomic E-state index is 12.0. The van der Waals surface area contributed by atoms with Gasteiger partial charge in [-0.15, -0.1) is 0 Å². The van der Waals surface area contributed by atoms with E-state index in [2.05, 4.69) is 4.72 Å². The van der Waals surface area contributed by atoms with Crippen LogP contribution in [0.5, 0.6) is 0 Å². The average Bonchev–Trinajstić information content (AvgIpc) is 2.48. The fourth-order valence-electron chi connectivity index (χ4n) is 2.31. The molecule has 0 atom stereocenters. The zero-order valence-electron chi connectivity index (χ0n) is 11.7. The molecule has 5 nitrogen and oxygen atoms in total. The fourth-order valence-corrected chi connectivity index (χ4v) is 3.64. The van der Waals surface area contributed by atoms with E-state index in [1.807, 2.05) is 0 Å². The molecule has 116 valence electrons. The van der Waals surface area contributed by atoms with E-state index in [0.717, 1.165) is 32.4 Å². The van der Waals surface area contributed by atoms with Crippen molar-refractivity contribution in [1.29, 1.82) is 0 Å². The second-order valence-corrected chi connectivity index (χ2v) is 7.25. The maximum Gasteiger partial charge on any atom is 0.240 e. The number of rotatable bonds is 5. The first-order valence-electron chi connectivity index (χ1n) is 7.02. The van der Waals surface area contributed by atoms with Crippen molar-refractivity contribution in [2.45, 2.75) is 30.6 Å². The molecule has 1 N–H and O–H groups in total. The number of nitrogens with one attached hydrogen (secondary N) is 1. The number of nitrogens with zero attached hydrogens (tertiary/aromatic N) is 1. The minimum absolute atomic E-state index is 0.00324. The van der Waals surface area contributed by atoms with Crippen LogP contribution in [0.25, 0.3) is 0 Å². The van der Waals surface area contributed by atoms with Gasteiger partial charge in [0.05, 0.1) is 4.90 Å². The number of piperidine rings is 1. The number of hydrogen-bond acceptors (Lipinski definition) is 3. The van der Waals surface area contributed by atoms with Crippen LogP contribution in [0.1, 0.15) is 25.7 Å². The molecule has 1 heterocycles. The third kappa shape index (κ3) is 4.69. The second kappa shape index (κ2) is 7.24. The van der Waals surface area contributed by atoms with E-state index in [1.165, 1.54) is 12.1 Å². The van der Waals surface area contributed by atoms with Gasteiger partial charge in [-0.3, -0.25) is 4.79 Å². The lowest BCUT2D eigenvalue weighted by molar-refractivity contribution is -0.131. The van der Waals surface area contributed by atoms with Gasteiger partial charge in [-0.25, -0.2) is 13.1 Å². The summed E-state index contributed by atoms with van der Waals surface area (Å²) in [6.07, 6.45) is 3.39. The lowest BCUT2D eigenvalue weighted by atomic mass is 10.1. The minimum atomic E-state index is -3.61. The number of carbonyl (C=O) groups is 1. The fraction of sp³-hybridized carbons (Fsp3) is 0.500. The van der Waals surface area contributed by atoms with Crippen molar-refractivity contribution >= 4 is 27.5 Å². The Hall–Kier alpha value is -1.11. The summed E-state index contributed by atoms with van der Waals surface area (Å²) in [7, 11) is -3.61. The van der Waals surface area contributed by atoms with Gasteiger partial charge in [0.2, 0.25) is 15.9 Å². The zero-order chi connectivity index (χ0) is 15.3. The third-order valence-corrected chi connectivity index (χ3v) is 5.14. The molecule has 1 aliphatic rings. The molecule has 21 heavy (non-hydrogen) atoms. The molecule has 7 heteroatoms. The highest BCUT2D eigenvalue weighted by molar-refractivity contribution is 7.89. The van der Waals surface area contributed by atoms with E-state index in [-0.39, 0.29) is 23.8 Å². The van der Waals surface area contributed by atoms with Gasteiger partial charge in [0.15, 0.2) is 0 Å². The van der Waals surface area contributed by atoms with Gasteiger partial charge in [0.25, 0.3) is 0 Å². The van der Waals surface area contributed by atoms with Crippen LogP contribution in [0.2, 0.25) is 5.02 Å². The first-order chi connectivity index (χ1) is 9.99. The molecule has 1 aliphatic heterocycles. The third-order valence-electron chi connectivity index (χ3n) is 3.45. The molecule has 0 aromatic heterocycles. The Morgan fingerprint density at radius 3 is 2.62 bits per heavy atom. The molecule has 1 aromatic carbocycles. The highest BCUT2D eigenvalue weighted by Crippen LogP contribution is 2.15. The molecule has 0 aliphatic carbocycles. The molecule has 1 saturated heterocycles. The molecule has 2 rings (SSSR count). The monoisotopic (exact) mass is 330 g/mol. The Kier molecular flexibility index (Phi) is 5.61. The molecular weight excluding hydrogens is 312 g/mol. The maximum absolute atomic E-state index is 12.0. The Balaban J connectivity index is 1.86. The predicted molar refractivity (Wildman–Crippen MR) is 81.7 cm³/mol. The van der Waals surface area contributed by atoms with Crippen molar-refractivity contribution in [3.05, 3.63) is 29.3 Å². The summed E-state index contributed by atoms with van der Waals surface area (Å²) < 4.78 is 26.5. The molecule has 1 fully saturated rings. The normalized spacial score (nSPS) is 16.0. The van der Waals surface area contributed by atoms with Gasteiger partial charge >= 0.3 is 0 Å². The summed E-state index contributed by atoms with van der Waals surface area (Å²) >= 11 is 5.78. The summed E-state index contributed by atoms with van der Waals surface area (Å²) in [6.45, 7) is 1.66. The summed E-state index contributed by atoms with van der Waals surface area (Å²) in [6, 6.07) is 6.05. The van der Waals surface area contributed by atoms with Crippen molar-refractivity contribution in [1.82, 2.24) is 9.62 Å². The number of amides is 1. The van der Waals surface area contributed by atoms with Crippen LogP contribution in [-0.2, 0) is 14.8 Å². The molecule has 1 aromatic rings. The van der Waals surface area contributed by atoms with Gasteiger partial charge in [0, 0.05) is 31.1 Å². The van der Waals surface area contributed by atoms with E-state index in [1.54, 1.807) is 17.0 Å². The van der Waals surface area contributed by atoms with Crippen LogP contribution in [0.3, 0.4) is 0 Å². The van der Waals surface area contributed by atoms with Gasteiger partial charge in [0.1, 0.15) is 0 Å². The van der Waals surface area contributed by atoms with Crippen molar-refractivity contribution in [2.75, 3.05) is 19.6 Å². The molecule has 0 saturated carbocycles. The lowest BCUT2D eigenvalue weighted by Crippen LogP contribution is -2.37. The van der Waals surface area contributed by atoms with E-state index < -0.39 is 10.0 Å². The number of sulfonamides is 1. The molecule has 0 radical (unpaired) electrons. The first kappa shape index (κ1) is 16.3. The zero-order valence-corrected chi connectivity index (χ0v) is 13.3. The first-order valence-corrected chi connectivity index (χ1v) is 8.88. The smallest absolute Gasteiger partial charge is 0.240 e. The number of benzene rings is 1. The van der Waals surface area contributed by atoms with Gasteiger partial charge in [-0.2, -0.15) is 0 Å². The quantitative estimate of drug-likeness (QED) is 0.898. The van der Waals surface area contributed by atoms with Gasteiger partial charge in [-0.1, -0.05) is 17.7 Å². The van der Waals surface area contributed by atoms with E-state index >= 15 is 0 Å². The SMILES string of the molecule is O=C(CCNS(=O)(=O)c1cccc(Cl)c1)N1CCCCC1. The van der Waals surface area contributed by atoms with Crippen molar-refractivity contribution < 1.29 is 13.2 Å². The second-order valence-electron chi connectivity index (χ2n) is 5.05. The van der Waals surface area contributed by atoms with Gasteiger partial charge in [-0.05, 0) is 37.5 Å². The average molecular weight is 331 g/mol. The van der Waals surface area contributed by atoms with Crippen molar-refractivity contribution in [2.24, 2.45) is 0 Å². The molecule has 0 unspecified atom stereocenters. The van der Waals surface area contributed by atoms with E-state index in [9.17, 15) is 13.2 Å². The number of halogens is 1. The highest BCUT2D eigenvalue weighted by Gasteiger charge is 2.18.